The summed E-state index contributed by atoms with van der Waals surface area (Å²) in [5.41, 5.74) is 0.428. The summed E-state index contributed by atoms with van der Waals surface area (Å²) in [7, 11) is 0. The van der Waals surface area contributed by atoms with Gasteiger partial charge in [0.15, 0.2) is 0 Å². The van der Waals surface area contributed by atoms with Crippen LogP contribution in [-0.4, -0.2) is 17.9 Å². The third-order valence-electron chi connectivity index (χ3n) is 2.61. The van der Waals surface area contributed by atoms with Gasteiger partial charge in [-0.05, 0) is 43.1 Å². The lowest BCUT2D eigenvalue weighted by molar-refractivity contribution is 0.326. The van der Waals surface area contributed by atoms with Crippen LogP contribution in [0.4, 0.5) is 0 Å². The predicted molar refractivity (Wildman–Crippen MR) is 59.1 cm³/mol. The van der Waals surface area contributed by atoms with Gasteiger partial charge in [-0.25, -0.2) is 0 Å². The van der Waals surface area contributed by atoms with Gasteiger partial charge in [-0.1, -0.05) is 12.2 Å². The first-order chi connectivity index (χ1) is 5.83. The van der Waals surface area contributed by atoms with Crippen LogP contribution in [0.3, 0.4) is 0 Å². The highest BCUT2D eigenvalue weighted by Crippen LogP contribution is 2.39. The molecule has 0 aliphatic heterocycles. The molecule has 1 aliphatic rings. The van der Waals surface area contributed by atoms with Crippen molar-refractivity contribution in [2.24, 2.45) is 5.41 Å². The molecule has 0 atom stereocenters. The summed E-state index contributed by atoms with van der Waals surface area (Å²) in [6.07, 6.45) is 11.7. The minimum Gasteiger partial charge on any atom is -0.165 e. The maximum atomic E-state index is 6.00. The molecule has 12 heavy (non-hydrogen) atoms. The van der Waals surface area contributed by atoms with Crippen LogP contribution < -0.4 is 0 Å². The average Bonchev–Trinajstić information content (AvgIpc) is 2.55. The molecule has 0 aromatic carbocycles. The van der Waals surface area contributed by atoms with Crippen LogP contribution in [0.2, 0.25) is 0 Å². The number of alkyl halides is 1. The number of allylic oxidation sites excluding steroid dienone is 2. The number of hydrogen-bond donors (Lipinski definition) is 0. The van der Waals surface area contributed by atoms with Crippen molar-refractivity contribution in [2.45, 2.75) is 25.7 Å². The minimum absolute atomic E-state index is 0.428. The van der Waals surface area contributed by atoms with Crippen molar-refractivity contribution in [3.63, 3.8) is 0 Å². The van der Waals surface area contributed by atoms with Crippen LogP contribution in [0.1, 0.15) is 25.7 Å². The molecular weight excluding hydrogens is 188 g/mol. The molecule has 0 N–H and O–H groups in total. The standard InChI is InChI=1S/C10H17ClS/c1-12-8-4-7-10(9-11)5-2-3-6-10/h2-3H,4-9H2,1H3. The van der Waals surface area contributed by atoms with Crippen molar-refractivity contribution in [2.75, 3.05) is 17.9 Å². The van der Waals surface area contributed by atoms with Crippen LogP contribution in [0, 0.1) is 5.41 Å². The summed E-state index contributed by atoms with van der Waals surface area (Å²) in [5, 5.41) is 0. The first-order valence-corrected chi connectivity index (χ1v) is 6.46. The lowest BCUT2D eigenvalue weighted by Crippen LogP contribution is -2.18. The summed E-state index contributed by atoms with van der Waals surface area (Å²) in [6.45, 7) is 0. The third-order valence-corrected chi connectivity index (χ3v) is 3.87. The zero-order chi connectivity index (χ0) is 8.86. The van der Waals surface area contributed by atoms with Crippen LogP contribution >= 0.6 is 23.4 Å². The summed E-state index contributed by atoms with van der Waals surface area (Å²) in [5.74, 6) is 2.10. The maximum Gasteiger partial charge on any atom is 0.0285 e. The molecule has 0 heterocycles. The Hall–Kier alpha value is 0.380. The van der Waals surface area contributed by atoms with Gasteiger partial charge in [0.1, 0.15) is 0 Å². The van der Waals surface area contributed by atoms with Crippen LogP contribution in [0.5, 0.6) is 0 Å². The summed E-state index contributed by atoms with van der Waals surface area (Å²) in [6, 6.07) is 0. The third kappa shape index (κ3) is 2.70. The van der Waals surface area contributed by atoms with E-state index in [1.165, 1.54) is 31.4 Å². The second-order valence-corrected chi connectivity index (χ2v) is 4.86. The van der Waals surface area contributed by atoms with Crippen LogP contribution in [0.25, 0.3) is 0 Å². The molecule has 0 saturated heterocycles. The molecule has 0 radical (unpaired) electrons. The van der Waals surface area contributed by atoms with Gasteiger partial charge in [-0.15, -0.1) is 11.6 Å². The highest BCUT2D eigenvalue weighted by Gasteiger charge is 2.28. The van der Waals surface area contributed by atoms with E-state index in [4.69, 9.17) is 11.6 Å². The fourth-order valence-electron chi connectivity index (χ4n) is 1.72. The van der Waals surface area contributed by atoms with E-state index in [1.807, 2.05) is 11.8 Å². The van der Waals surface area contributed by atoms with E-state index < -0.39 is 0 Å². The van der Waals surface area contributed by atoms with E-state index in [2.05, 4.69) is 18.4 Å². The molecule has 0 unspecified atom stereocenters. The molecule has 0 bridgehead atoms. The summed E-state index contributed by atoms with van der Waals surface area (Å²) >= 11 is 7.93. The molecule has 0 nitrogen and oxygen atoms in total. The van der Waals surface area contributed by atoms with E-state index >= 15 is 0 Å². The number of thioether (sulfide) groups is 1. The number of hydrogen-bond acceptors (Lipinski definition) is 1. The van der Waals surface area contributed by atoms with Crippen molar-refractivity contribution in [3.8, 4) is 0 Å². The fourth-order valence-corrected chi connectivity index (χ4v) is 2.51. The van der Waals surface area contributed by atoms with E-state index in [9.17, 15) is 0 Å². The van der Waals surface area contributed by atoms with Crippen molar-refractivity contribution in [1.29, 1.82) is 0 Å². The van der Waals surface area contributed by atoms with Gasteiger partial charge >= 0.3 is 0 Å². The Bertz CT molecular complexity index is 146. The first-order valence-electron chi connectivity index (χ1n) is 4.53. The highest BCUT2D eigenvalue weighted by molar-refractivity contribution is 7.98. The van der Waals surface area contributed by atoms with E-state index in [0.717, 1.165) is 5.88 Å². The molecule has 1 rings (SSSR count). The lowest BCUT2D eigenvalue weighted by Gasteiger charge is -2.25. The van der Waals surface area contributed by atoms with Gasteiger partial charge in [0.05, 0.1) is 0 Å². The van der Waals surface area contributed by atoms with Crippen LogP contribution in [-0.2, 0) is 0 Å². The molecule has 0 amide bonds. The Labute approximate surface area is 84.8 Å². The topological polar surface area (TPSA) is 0 Å². The van der Waals surface area contributed by atoms with Crippen molar-refractivity contribution < 1.29 is 0 Å². The second kappa shape index (κ2) is 5.18. The Balaban J connectivity index is 2.25. The van der Waals surface area contributed by atoms with E-state index in [-0.39, 0.29) is 0 Å². The normalized spacial score (nSPS) is 20.2. The van der Waals surface area contributed by atoms with Gasteiger partial charge in [-0.3, -0.25) is 0 Å². The van der Waals surface area contributed by atoms with Gasteiger partial charge in [0.2, 0.25) is 0 Å². The Morgan fingerprint density at radius 1 is 1.42 bits per heavy atom. The first kappa shape index (κ1) is 10.5. The maximum absolute atomic E-state index is 6.00. The molecule has 1 aliphatic carbocycles. The summed E-state index contributed by atoms with van der Waals surface area (Å²) < 4.78 is 0. The zero-order valence-electron chi connectivity index (χ0n) is 7.68. The zero-order valence-corrected chi connectivity index (χ0v) is 9.26. The second-order valence-electron chi connectivity index (χ2n) is 3.61. The van der Waals surface area contributed by atoms with Gasteiger partial charge < -0.3 is 0 Å². The monoisotopic (exact) mass is 204 g/mol. The van der Waals surface area contributed by atoms with Gasteiger partial charge in [0, 0.05) is 5.88 Å². The lowest BCUT2D eigenvalue weighted by atomic mass is 9.83. The number of rotatable bonds is 5. The molecule has 0 spiro atoms. The highest BCUT2D eigenvalue weighted by atomic mass is 35.5. The fraction of sp³-hybridized carbons (Fsp3) is 0.800. The quantitative estimate of drug-likeness (QED) is 0.374. The minimum atomic E-state index is 0.428. The van der Waals surface area contributed by atoms with Crippen molar-refractivity contribution >= 4 is 23.4 Å². The number of halogens is 1. The molecule has 70 valence electrons. The smallest absolute Gasteiger partial charge is 0.0285 e. The molecule has 0 saturated carbocycles. The SMILES string of the molecule is CSCCCC1(CCl)CC=CC1. The largest absolute Gasteiger partial charge is 0.165 e. The summed E-state index contributed by atoms with van der Waals surface area (Å²) in [4.78, 5) is 0. The molecular formula is C10H17ClS. The van der Waals surface area contributed by atoms with Crippen LogP contribution in [0.15, 0.2) is 12.2 Å². The van der Waals surface area contributed by atoms with Gasteiger partial charge in [-0.2, -0.15) is 11.8 Å². The van der Waals surface area contributed by atoms with Crippen molar-refractivity contribution in [1.82, 2.24) is 0 Å². The Kier molecular flexibility index (Phi) is 4.52. The predicted octanol–water partition coefficient (Wildman–Crippen LogP) is 3.70. The van der Waals surface area contributed by atoms with Gasteiger partial charge in [0.25, 0.3) is 0 Å². The average molecular weight is 205 g/mol. The molecule has 2 heteroatoms. The Morgan fingerprint density at radius 2 is 2.08 bits per heavy atom. The van der Waals surface area contributed by atoms with E-state index in [1.54, 1.807) is 0 Å². The molecule has 0 aromatic heterocycles. The molecule has 0 aromatic rings. The Morgan fingerprint density at radius 3 is 2.58 bits per heavy atom. The van der Waals surface area contributed by atoms with E-state index in [0.29, 0.717) is 5.41 Å². The molecule has 0 fully saturated rings. The van der Waals surface area contributed by atoms with Crippen molar-refractivity contribution in [3.05, 3.63) is 12.2 Å².